The van der Waals surface area contributed by atoms with Crippen LogP contribution in [0.1, 0.15) is 11.1 Å². The Morgan fingerprint density at radius 3 is 2.62 bits per heavy atom. The van der Waals surface area contributed by atoms with Gasteiger partial charge in [0, 0.05) is 17.8 Å². The van der Waals surface area contributed by atoms with Crippen LogP contribution < -0.4 is 11.3 Å². The number of hydrazine groups is 1. The van der Waals surface area contributed by atoms with Crippen LogP contribution >= 0.6 is 0 Å². The van der Waals surface area contributed by atoms with E-state index in [9.17, 15) is 0 Å². The van der Waals surface area contributed by atoms with Gasteiger partial charge in [0.15, 0.2) is 5.82 Å². The average molecular weight is 214 g/mol. The molecule has 1 aromatic heterocycles. The number of benzene rings is 1. The Morgan fingerprint density at radius 2 is 1.94 bits per heavy atom. The summed E-state index contributed by atoms with van der Waals surface area (Å²) < 4.78 is 0. The quantitative estimate of drug-likeness (QED) is 0.593. The van der Waals surface area contributed by atoms with Gasteiger partial charge in [0.05, 0.1) is 0 Å². The van der Waals surface area contributed by atoms with Crippen molar-refractivity contribution in [2.24, 2.45) is 5.84 Å². The number of anilines is 1. The van der Waals surface area contributed by atoms with E-state index >= 15 is 0 Å². The Morgan fingerprint density at radius 1 is 1.12 bits per heavy atom. The fraction of sp³-hybridized carbons (Fsp3) is 0.167. The van der Waals surface area contributed by atoms with Crippen molar-refractivity contribution in [3.63, 3.8) is 0 Å². The summed E-state index contributed by atoms with van der Waals surface area (Å²) in [7, 11) is 0. The monoisotopic (exact) mass is 214 g/mol. The summed E-state index contributed by atoms with van der Waals surface area (Å²) >= 11 is 0. The van der Waals surface area contributed by atoms with Crippen LogP contribution in [-0.4, -0.2) is 9.97 Å². The second kappa shape index (κ2) is 4.28. The molecule has 0 aliphatic heterocycles. The molecule has 0 radical (unpaired) electrons. The highest BCUT2D eigenvalue weighted by Gasteiger charge is 2.03. The number of rotatable bonds is 2. The second-order valence-corrected chi connectivity index (χ2v) is 3.71. The summed E-state index contributed by atoms with van der Waals surface area (Å²) in [4.78, 5) is 8.51. The lowest BCUT2D eigenvalue weighted by atomic mass is 10.1. The standard InChI is InChI=1S/C12H14N4/c1-8-3-4-10(7-9(8)2)12-14-6-5-11(15-12)16-13/h3-7H,13H2,1-2H3,(H,14,15,16). The molecular weight excluding hydrogens is 200 g/mol. The van der Waals surface area contributed by atoms with Gasteiger partial charge in [-0.2, -0.15) is 0 Å². The van der Waals surface area contributed by atoms with E-state index in [0.29, 0.717) is 11.6 Å². The van der Waals surface area contributed by atoms with Crippen LogP contribution in [-0.2, 0) is 0 Å². The topological polar surface area (TPSA) is 63.8 Å². The van der Waals surface area contributed by atoms with Gasteiger partial charge in [0.1, 0.15) is 5.82 Å². The summed E-state index contributed by atoms with van der Waals surface area (Å²) in [5.74, 6) is 6.60. The number of nitrogens with two attached hydrogens (primary N) is 1. The zero-order chi connectivity index (χ0) is 11.5. The summed E-state index contributed by atoms with van der Waals surface area (Å²) in [5.41, 5.74) is 6.00. The molecule has 0 aliphatic carbocycles. The van der Waals surface area contributed by atoms with Gasteiger partial charge >= 0.3 is 0 Å². The normalized spacial score (nSPS) is 10.2. The summed E-state index contributed by atoms with van der Waals surface area (Å²) in [6.07, 6.45) is 1.69. The minimum atomic E-state index is 0.614. The molecular formula is C12H14N4. The molecule has 1 heterocycles. The molecule has 0 amide bonds. The Kier molecular flexibility index (Phi) is 2.83. The third-order valence-corrected chi connectivity index (χ3v) is 2.57. The van der Waals surface area contributed by atoms with Crippen LogP contribution in [0.15, 0.2) is 30.5 Å². The molecule has 0 atom stereocenters. The summed E-state index contributed by atoms with van der Waals surface area (Å²) in [5, 5.41) is 0. The number of nitrogens with zero attached hydrogens (tertiary/aromatic N) is 2. The fourth-order valence-corrected chi connectivity index (χ4v) is 1.46. The van der Waals surface area contributed by atoms with E-state index in [1.165, 1.54) is 11.1 Å². The van der Waals surface area contributed by atoms with Gasteiger partial charge in [-0.25, -0.2) is 15.8 Å². The SMILES string of the molecule is Cc1ccc(-c2nccc(NN)n2)cc1C. The third kappa shape index (κ3) is 2.01. The number of aryl methyl sites for hydroxylation is 2. The maximum Gasteiger partial charge on any atom is 0.161 e. The van der Waals surface area contributed by atoms with Gasteiger partial charge in [-0.3, -0.25) is 0 Å². The largest absolute Gasteiger partial charge is 0.308 e. The Balaban J connectivity index is 2.46. The van der Waals surface area contributed by atoms with Crippen LogP contribution in [0.2, 0.25) is 0 Å². The van der Waals surface area contributed by atoms with Crippen molar-refractivity contribution in [2.45, 2.75) is 13.8 Å². The number of aromatic nitrogens is 2. The van der Waals surface area contributed by atoms with Gasteiger partial charge in [-0.1, -0.05) is 12.1 Å². The van der Waals surface area contributed by atoms with E-state index in [4.69, 9.17) is 5.84 Å². The minimum Gasteiger partial charge on any atom is -0.308 e. The first-order chi connectivity index (χ1) is 7.70. The minimum absolute atomic E-state index is 0.614. The molecule has 0 saturated heterocycles. The van der Waals surface area contributed by atoms with Gasteiger partial charge in [0.25, 0.3) is 0 Å². The first kappa shape index (κ1) is 10.6. The van der Waals surface area contributed by atoms with Gasteiger partial charge in [-0.15, -0.1) is 0 Å². The molecule has 0 unspecified atom stereocenters. The number of nitrogen functional groups attached to an aromatic ring is 1. The third-order valence-electron chi connectivity index (χ3n) is 2.57. The molecule has 82 valence electrons. The lowest BCUT2D eigenvalue weighted by Gasteiger charge is -2.05. The summed E-state index contributed by atoms with van der Waals surface area (Å²) in [6.45, 7) is 4.15. The predicted octanol–water partition coefficient (Wildman–Crippen LogP) is 2.05. The first-order valence-electron chi connectivity index (χ1n) is 5.08. The highest BCUT2D eigenvalue weighted by molar-refractivity contribution is 5.58. The highest BCUT2D eigenvalue weighted by Crippen LogP contribution is 2.19. The molecule has 16 heavy (non-hydrogen) atoms. The Bertz CT molecular complexity index is 508. The lowest BCUT2D eigenvalue weighted by molar-refractivity contribution is 1.14. The van der Waals surface area contributed by atoms with Gasteiger partial charge in [0.2, 0.25) is 0 Å². The van der Waals surface area contributed by atoms with E-state index in [0.717, 1.165) is 5.56 Å². The molecule has 4 nitrogen and oxygen atoms in total. The Hall–Kier alpha value is -1.94. The predicted molar refractivity (Wildman–Crippen MR) is 64.8 cm³/mol. The number of hydrogen-bond acceptors (Lipinski definition) is 4. The van der Waals surface area contributed by atoms with E-state index < -0.39 is 0 Å². The zero-order valence-electron chi connectivity index (χ0n) is 9.36. The lowest BCUT2D eigenvalue weighted by Crippen LogP contribution is -2.09. The molecule has 4 heteroatoms. The molecule has 0 spiro atoms. The van der Waals surface area contributed by atoms with Crippen molar-refractivity contribution < 1.29 is 0 Å². The van der Waals surface area contributed by atoms with Gasteiger partial charge < -0.3 is 5.43 Å². The van der Waals surface area contributed by atoms with Crippen LogP contribution in [0.25, 0.3) is 11.4 Å². The molecule has 3 N–H and O–H groups in total. The van der Waals surface area contributed by atoms with E-state index in [1.54, 1.807) is 12.3 Å². The number of nitrogens with one attached hydrogen (secondary N) is 1. The molecule has 2 aromatic rings. The highest BCUT2D eigenvalue weighted by atomic mass is 15.3. The van der Waals surface area contributed by atoms with Gasteiger partial charge in [-0.05, 0) is 31.0 Å². The average Bonchev–Trinajstić information content (AvgIpc) is 2.33. The smallest absolute Gasteiger partial charge is 0.161 e. The van der Waals surface area contributed by atoms with Crippen LogP contribution in [0.3, 0.4) is 0 Å². The van der Waals surface area contributed by atoms with Crippen molar-refractivity contribution in [3.8, 4) is 11.4 Å². The van der Waals surface area contributed by atoms with Crippen molar-refractivity contribution in [1.29, 1.82) is 0 Å². The fourth-order valence-electron chi connectivity index (χ4n) is 1.46. The molecule has 0 saturated carbocycles. The van der Waals surface area contributed by atoms with Crippen LogP contribution in [0.4, 0.5) is 5.82 Å². The van der Waals surface area contributed by atoms with E-state index in [-0.39, 0.29) is 0 Å². The summed E-state index contributed by atoms with van der Waals surface area (Å²) in [6, 6.07) is 7.88. The Labute approximate surface area is 94.5 Å². The maximum atomic E-state index is 5.31. The van der Waals surface area contributed by atoms with Crippen LogP contribution in [0, 0.1) is 13.8 Å². The van der Waals surface area contributed by atoms with Crippen LogP contribution in [0.5, 0.6) is 0 Å². The molecule has 0 bridgehead atoms. The molecule has 0 fully saturated rings. The van der Waals surface area contributed by atoms with Crippen molar-refractivity contribution >= 4 is 5.82 Å². The number of hydrogen-bond donors (Lipinski definition) is 2. The molecule has 1 aromatic carbocycles. The van der Waals surface area contributed by atoms with E-state index in [1.807, 2.05) is 6.07 Å². The maximum absolute atomic E-state index is 5.31. The zero-order valence-corrected chi connectivity index (χ0v) is 9.36. The first-order valence-corrected chi connectivity index (χ1v) is 5.08. The second-order valence-electron chi connectivity index (χ2n) is 3.71. The molecule has 0 aliphatic rings. The van der Waals surface area contributed by atoms with Crippen molar-refractivity contribution in [3.05, 3.63) is 41.6 Å². The van der Waals surface area contributed by atoms with Crippen molar-refractivity contribution in [1.82, 2.24) is 9.97 Å². The molecule has 2 rings (SSSR count). The van der Waals surface area contributed by atoms with Crippen molar-refractivity contribution in [2.75, 3.05) is 5.43 Å². The van der Waals surface area contributed by atoms with E-state index in [2.05, 4.69) is 41.4 Å².